The van der Waals surface area contributed by atoms with Crippen molar-refractivity contribution in [2.24, 2.45) is 0 Å². The molecule has 0 aliphatic heterocycles. The monoisotopic (exact) mass is 1060 g/mol. The molecule has 0 aliphatic rings. The molecule has 8 heterocycles. The molecule has 0 spiro atoms. The number of pyridine rings is 8. The molecule has 2 unspecified atom stereocenters. The summed E-state index contributed by atoms with van der Waals surface area (Å²) in [6, 6.07) is 49.9. The van der Waals surface area contributed by atoms with Gasteiger partial charge in [-0.25, -0.2) is 0 Å². The van der Waals surface area contributed by atoms with Gasteiger partial charge in [-0.3, -0.25) is 0 Å². The van der Waals surface area contributed by atoms with E-state index in [1.807, 2.05) is 98.1 Å². The van der Waals surface area contributed by atoms with Crippen LogP contribution >= 0.6 is 40.9 Å². The van der Waals surface area contributed by atoms with Gasteiger partial charge >= 0.3 is 370 Å². The first-order valence-electron chi connectivity index (χ1n) is 19.4. The molecule has 8 aromatic rings. The zero-order valence-electron chi connectivity index (χ0n) is 32.5. The van der Waals surface area contributed by atoms with Crippen molar-refractivity contribution in [3.8, 4) is 0 Å². The van der Waals surface area contributed by atoms with Crippen LogP contribution in [-0.4, -0.2) is 59.9 Å². The average Bonchev–Trinajstić information content (AvgIpc) is 3.33. The van der Waals surface area contributed by atoms with Gasteiger partial charge in [0.1, 0.15) is 0 Å². The average molecular weight is 1060 g/mol. The number of hydrogen-bond acceptors (Lipinski definition) is 8. The Labute approximate surface area is 367 Å². The number of nitrogens with zero attached hydrogens (tertiary/aromatic N) is 8. The van der Waals surface area contributed by atoms with E-state index in [0.29, 0.717) is 0 Å². The van der Waals surface area contributed by atoms with Crippen molar-refractivity contribution >= 4 is 84.4 Å². The Kier molecular flexibility index (Phi) is 15.7. The summed E-state index contributed by atoms with van der Waals surface area (Å²) in [5, 5.41) is 0. The molecule has 8 nitrogen and oxygen atoms in total. The summed E-state index contributed by atoms with van der Waals surface area (Å²) in [4.78, 5) is 40.0. The molecule has 0 N–H and O–H groups in total. The number of halogens is 1. The van der Waals surface area contributed by atoms with Crippen LogP contribution in [0.2, 0.25) is 0 Å². The van der Waals surface area contributed by atoms with Crippen molar-refractivity contribution in [3.05, 3.63) is 195 Å². The minimum absolute atomic E-state index is 0.0947. The Morgan fingerprint density at radius 3 is 0.750 bits per heavy atom. The fourth-order valence-corrected chi connectivity index (χ4v) is 32.4. The predicted octanol–water partition coefficient (Wildman–Crippen LogP) is 6.88. The van der Waals surface area contributed by atoms with E-state index in [1.54, 1.807) is 0 Å². The molecule has 2 atom stereocenters. The Bertz CT molecular complexity index is 2120. The van der Waals surface area contributed by atoms with Crippen molar-refractivity contribution in [3.63, 3.8) is 0 Å². The van der Waals surface area contributed by atoms with Gasteiger partial charge in [-0.05, 0) is 0 Å². The predicted molar refractivity (Wildman–Crippen MR) is 251 cm³/mol. The number of hydrogen-bond donors (Lipinski definition) is 0. The van der Waals surface area contributed by atoms with Crippen molar-refractivity contribution in [1.82, 2.24) is 39.9 Å². The van der Waals surface area contributed by atoms with E-state index in [1.165, 1.54) is 0 Å². The van der Waals surface area contributed by atoms with E-state index < -0.39 is 49.0 Å². The molecule has 0 aliphatic carbocycles. The van der Waals surface area contributed by atoms with Crippen LogP contribution in [0.25, 0.3) is 0 Å². The summed E-state index contributed by atoms with van der Waals surface area (Å²) in [6.07, 6.45) is 18.7. The van der Waals surface area contributed by atoms with E-state index in [2.05, 4.69) is 97.1 Å². The van der Waals surface area contributed by atoms with Crippen molar-refractivity contribution in [2.45, 2.75) is 20.6 Å². The topological polar surface area (TPSA) is 103 Å². The van der Waals surface area contributed by atoms with Crippen LogP contribution in [0.15, 0.2) is 195 Å². The van der Waals surface area contributed by atoms with E-state index in [9.17, 15) is 0 Å². The Morgan fingerprint density at radius 2 is 0.550 bits per heavy atom. The zero-order valence-corrected chi connectivity index (χ0v) is 39.0. The second-order valence-electron chi connectivity index (χ2n) is 13.1. The Morgan fingerprint density at radius 1 is 0.333 bits per heavy atom. The molecule has 0 saturated heterocycles. The normalized spacial score (nSPS) is 12.8. The van der Waals surface area contributed by atoms with Crippen LogP contribution in [0.1, 0.15) is 12.8 Å². The third kappa shape index (κ3) is 10.9. The molecule has 0 saturated carbocycles. The van der Waals surface area contributed by atoms with Crippen LogP contribution in [0.4, 0.5) is 0 Å². The molecule has 60 heavy (non-hydrogen) atoms. The van der Waals surface area contributed by atoms with E-state index in [-0.39, 0.29) is 7.75 Å². The second kappa shape index (κ2) is 22.2. The van der Waals surface area contributed by atoms with E-state index in [0.717, 1.165) is 68.6 Å². The first-order valence-corrected chi connectivity index (χ1v) is 30.4. The molecular weight excluding hydrogens is 1020 g/mol. The molecule has 0 amide bonds. The fraction of sp³-hybridized carbons (Fsp3) is 0.130. The van der Waals surface area contributed by atoms with Gasteiger partial charge < -0.3 is 0 Å². The van der Waals surface area contributed by atoms with Gasteiger partial charge in [-0.15, -0.1) is 0 Å². The van der Waals surface area contributed by atoms with Crippen molar-refractivity contribution in [1.29, 1.82) is 0 Å². The standard InChI is InChI=1S/2C23H21N4P2.Au.ClH/c2*1-5-14-24-20(10-1)28(21-11-2-6-15-25-21)18-9-19-29(22-12-3-7-16-26-22)23-13-4-8-17-27-23;;/h2*1-8,10-18H,9,19H2;;1H/q;;+1;/p-1. The molecule has 0 aromatic carbocycles. The number of rotatable bonds is 18. The minimum atomic E-state index is -2.55. The summed E-state index contributed by atoms with van der Waals surface area (Å²) in [5.74, 6) is 0. The van der Waals surface area contributed by atoms with E-state index >= 15 is 0 Å². The molecule has 0 bridgehead atoms. The van der Waals surface area contributed by atoms with Crippen molar-refractivity contribution in [2.75, 3.05) is 12.3 Å². The maximum atomic E-state index is 8.57. The molecule has 14 heteroatoms. The third-order valence-electron chi connectivity index (χ3n) is 9.33. The van der Waals surface area contributed by atoms with Gasteiger partial charge in [-0.1, -0.05) is 0 Å². The van der Waals surface area contributed by atoms with Gasteiger partial charge in [0.05, 0.1) is 0 Å². The third-order valence-corrected chi connectivity index (χ3v) is 32.8. The van der Waals surface area contributed by atoms with Crippen LogP contribution in [0, 0.1) is 0 Å². The second-order valence-corrected chi connectivity index (χ2v) is 30.9. The summed E-state index contributed by atoms with van der Waals surface area (Å²) < 4.78 is 0.189. The maximum absolute atomic E-state index is 8.57. The first kappa shape index (κ1) is 42.6. The van der Waals surface area contributed by atoms with Crippen LogP contribution in [0.5, 0.6) is 0 Å². The van der Waals surface area contributed by atoms with Gasteiger partial charge in [-0.2, -0.15) is 0 Å². The van der Waals surface area contributed by atoms with Gasteiger partial charge in [0, 0.05) is 0 Å². The molecule has 0 radical (unpaired) electrons. The fourth-order valence-electron chi connectivity index (χ4n) is 6.66. The summed E-state index contributed by atoms with van der Waals surface area (Å²) in [5.41, 5.74) is 8.43. The molecule has 0 fully saturated rings. The SMILES string of the molecule is [Cl][Au]([CH](CCP(c1ccccn1)c1ccccn1)P(c1ccccn1)c1ccccn1)[CH](CCP(c1ccccn1)c1ccccn1)P(c1ccccn1)c1ccccn1. The zero-order chi connectivity index (χ0) is 40.8. The summed E-state index contributed by atoms with van der Waals surface area (Å²) in [7, 11) is 4.59. The Hall–Kier alpha value is -4.05. The van der Waals surface area contributed by atoms with Gasteiger partial charge in [0.15, 0.2) is 0 Å². The van der Waals surface area contributed by atoms with Crippen LogP contribution in [0.3, 0.4) is 0 Å². The van der Waals surface area contributed by atoms with Crippen molar-refractivity contribution < 1.29 is 17.4 Å². The van der Waals surface area contributed by atoms with E-state index in [4.69, 9.17) is 49.1 Å². The van der Waals surface area contributed by atoms with Gasteiger partial charge in [0.25, 0.3) is 0 Å². The van der Waals surface area contributed by atoms with Crippen LogP contribution in [-0.2, 0) is 17.4 Å². The summed E-state index contributed by atoms with van der Waals surface area (Å²) in [6.45, 7) is 0. The number of aromatic nitrogens is 8. The quantitative estimate of drug-likeness (QED) is 0.0678. The van der Waals surface area contributed by atoms with Gasteiger partial charge in [0.2, 0.25) is 0 Å². The van der Waals surface area contributed by atoms with Crippen LogP contribution < -0.4 is 43.5 Å². The molecular formula is C46H42AuClN8P4. The molecule has 304 valence electrons. The first-order chi connectivity index (χ1) is 29.7. The molecule has 8 aromatic heterocycles. The molecule has 8 rings (SSSR count). The summed E-state index contributed by atoms with van der Waals surface area (Å²) >= 11 is -2.55. The Balaban J connectivity index is 1.28.